The van der Waals surface area contributed by atoms with Crippen LogP contribution in [0, 0.1) is 20.8 Å². The Morgan fingerprint density at radius 2 is 1.97 bits per heavy atom. The molecule has 0 saturated heterocycles. The van der Waals surface area contributed by atoms with Gasteiger partial charge in [-0.15, -0.1) is 0 Å². The summed E-state index contributed by atoms with van der Waals surface area (Å²) in [5.74, 6) is 0.571. The van der Waals surface area contributed by atoms with Gasteiger partial charge in [0.25, 0.3) is 0 Å². The molecule has 156 valence electrons. The number of aromatic nitrogens is 2. The lowest BCUT2D eigenvalue weighted by molar-refractivity contribution is -0.136. The van der Waals surface area contributed by atoms with Crippen molar-refractivity contribution in [2.75, 3.05) is 13.7 Å². The van der Waals surface area contributed by atoms with Crippen molar-refractivity contribution < 1.29 is 28.7 Å². The number of ketones is 1. The SMILES string of the molecule is COc1cc(/C=C/C(=O)OCC(=O)c2cc(C)n(-c3cc(C)on3)c2C)ccc1O. The van der Waals surface area contributed by atoms with E-state index in [1.54, 1.807) is 38.1 Å². The van der Waals surface area contributed by atoms with Gasteiger partial charge in [-0.25, -0.2) is 4.79 Å². The van der Waals surface area contributed by atoms with Crippen LogP contribution in [-0.2, 0) is 9.53 Å². The fraction of sp³-hybridized carbons (Fsp3) is 0.227. The van der Waals surface area contributed by atoms with Gasteiger partial charge in [-0.1, -0.05) is 11.2 Å². The zero-order valence-corrected chi connectivity index (χ0v) is 17.1. The van der Waals surface area contributed by atoms with E-state index >= 15 is 0 Å². The minimum absolute atomic E-state index is 0.00112. The molecule has 1 N–H and O–H groups in total. The Morgan fingerprint density at radius 3 is 2.63 bits per heavy atom. The van der Waals surface area contributed by atoms with Gasteiger partial charge in [-0.2, -0.15) is 0 Å². The third-order valence-corrected chi connectivity index (χ3v) is 4.54. The molecule has 0 aliphatic rings. The van der Waals surface area contributed by atoms with E-state index in [1.807, 2.05) is 11.5 Å². The second kappa shape index (κ2) is 8.69. The number of phenols is 1. The molecule has 8 heteroatoms. The van der Waals surface area contributed by atoms with Crippen molar-refractivity contribution in [3.05, 3.63) is 64.7 Å². The van der Waals surface area contributed by atoms with Crippen molar-refractivity contribution in [3.8, 4) is 17.3 Å². The summed E-state index contributed by atoms with van der Waals surface area (Å²) in [6.07, 6.45) is 2.72. The molecule has 0 aliphatic carbocycles. The predicted molar refractivity (Wildman–Crippen MR) is 109 cm³/mol. The minimum atomic E-state index is -0.656. The number of carbonyl (C=O) groups excluding carboxylic acids is 2. The number of nitrogens with zero attached hydrogens (tertiary/aromatic N) is 2. The molecule has 8 nitrogen and oxygen atoms in total. The van der Waals surface area contributed by atoms with Crippen LogP contribution in [0.5, 0.6) is 11.5 Å². The molecule has 0 bridgehead atoms. The van der Waals surface area contributed by atoms with Gasteiger partial charge in [0.2, 0.25) is 5.78 Å². The molecule has 0 atom stereocenters. The van der Waals surface area contributed by atoms with E-state index < -0.39 is 5.97 Å². The number of aromatic hydroxyl groups is 1. The van der Waals surface area contributed by atoms with Gasteiger partial charge in [0, 0.05) is 29.1 Å². The maximum Gasteiger partial charge on any atom is 0.331 e. The van der Waals surface area contributed by atoms with Gasteiger partial charge in [-0.3, -0.25) is 9.36 Å². The number of methoxy groups -OCH3 is 1. The first-order chi connectivity index (χ1) is 14.3. The standard InChI is InChI=1S/C22H22N2O6/c1-13-9-17(15(3)24(13)21-10-14(2)30-23-21)19(26)12-29-22(27)8-6-16-5-7-18(25)20(11-16)28-4/h5-11,25H,12H2,1-4H3/b8-6+. The van der Waals surface area contributed by atoms with Gasteiger partial charge in [0.1, 0.15) is 5.76 Å². The van der Waals surface area contributed by atoms with Crippen molar-refractivity contribution in [2.45, 2.75) is 20.8 Å². The van der Waals surface area contributed by atoms with E-state index in [9.17, 15) is 14.7 Å². The van der Waals surface area contributed by atoms with Crippen LogP contribution in [0.15, 0.2) is 40.9 Å². The maximum absolute atomic E-state index is 12.6. The van der Waals surface area contributed by atoms with Crippen LogP contribution in [0.25, 0.3) is 11.9 Å². The molecule has 0 aliphatic heterocycles. The van der Waals surface area contributed by atoms with Crippen molar-refractivity contribution in [1.29, 1.82) is 0 Å². The summed E-state index contributed by atoms with van der Waals surface area (Å²) in [7, 11) is 1.43. The Kier molecular flexibility index (Phi) is 6.06. The van der Waals surface area contributed by atoms with Gasteiger partial charge in [-0.05, 0) is 50.6 Å². The van der Waals surface area contributed by atoms with E-state index in [0.29, 0.717) is 34.1 Å². The Balaban J connectivity index is 1.65. The fourth-order valence-corrected chi connectivity index (χ4v) is 3.08. The van der Waals surface area contributed by atoms with E-state index in [-0.39, 0.29) is 18.1 Å². The summed E-state index contributed by atoms with van der Waals surface area (Å²) >= 11 is 0. The molecule has 30 heavy (non-hydrogen) atoms. The van der Waals surface area contributed by atoms with Crippen LogP contribution in [0.1, 0.15) is 33.1 Å². The molecule has 2 aromatic heterocycles. The first-order valence-corrected chi connectivity index (χ1v) is 9.18. The normalized spacial score (nSPS) is 11.1. The quantitative estimate of drug-likeness (QED) is 0.361. The van der Waals surface area contributed by atoms with Crippen LogP contribution in [-0.4, -0.2) is 40.3 Å². The highest BCUT2D eigenvalue weighted by atomic mass is 16.5. The third-order valence-electron chi connectivity index (χ3n) is 4.54. The van der Waals surface area contributed by atoms with Crippen molar-refractivity contribution >= 4 is 17.8 Å². The maximum atomic E-state index is 12.6. The Morgan fingerprint density at radius 1 is 1.20 bits per heavy atom. The van der Waals surface area contributed by atoms with Crippen LogP contribution in [0.4, 0.5) is 0 Å². The molecule has 1 aromatic carbocycles. The number of aryl methyl sites for hydroxylation is 2. The Hall–Kier alpha value is -3.81. The highest BCUT2D eigenvalue weighted by molar-refractivity contribution is 6.00. The number of phenolic OH excluding ortho intramolecular Hbond substituents is 1. The molecule has 3 rings (SSSR count). The summed E-state index contributed by atoms with van der Waals surface area (Å²) in [5, 5.41) is 13.6. The van der Waals surface area contributed by atoms with E-state index in [1.165, 1.54) is 25.3 Å². The van der Waals surface area contributed by atoms with Crippen LogP contribution >= 0.6 is 0 Å². The lowest BCUT2D eigenvalue weighted by Gasteiger charge is -2.05. The number of carbonyl (C=O) groups is 2. The number of Topliss-reactive ketones (excluding diaryl/α,β-unsaturated/α-hetero) is 1. The molecule has 0 unspecified atom stereocenters. The molecule has 0 spiro atoms. The molecule has 0 amide bonds. The van der Waals surface area contributed by atoms with Crippen LogP contribution < -0.4 is 4.74 Å². The number of benzene rings is 1. The highest BCUT2D eigenvalue weighted by Crippen LogP contribution is 2.26. The second-order valence-corrected chi connectivity index (χ2v) is 6.71. The minimum Gasteiger partial charge on any atom is -0.504 e. The summed E-state index contributed by atoms with van der Waals surface area (Å²) in [4.78, 5) is 24.5. The third kappa shape index (κ3) is 4.43. The molecule has 0 radical (unpaired) electrons. The summed E-state index contributed by atoms with van der Waals surface area (Å²) in [5.41, 5.74) is 2.60. The summed E-state index contributed by atoms with van der Waals surface area (Å²) in [6.45, 7) is 5.06. The molecule has 2 heterocycles. The van der Waals surface area contributed by atoms with E-state index in [2.05, 4.69) is 5.16 Å². The monoisotopic (exact) mass is 410 g/mol. The number of hydrogen-bond acceptors (Lipinski definition) is 7. The lowest BCUT2D eigenvalue weighted by atomic mass is 10.1. The molecule has 0 fully saturated rings. The predicted octanol–water partition coefficient (Wildman–Crippen LogP) is 3.54. The first-order valence-electron chi connectivity index (χ1n) is 9.18. The number of esters is 1. The second-order valence-electron chi connectivity index (χ2n) is 6.71. The Bertz CT molecular complexity index is 1120. The molecule has 3 aromatic rings. The van der Waals surface area contributed by atoms with Crippen LogP contribution in [0.3, 0.4) is 0 Å². The molecule has 0 saturated carbocycles. The van der Waals surface area contributed by atoms with E-state index in [0.717, 1.165) is 5.69 Å². The Labute approximate surface area is 173 Å². The van der Waals surface area contributed by atoms with Crippen molar-refractivity contribution in [2.24, 2.45) is 0 Å². The molecular weight excluding hydrogens is 388 g/mol. The smallest absolute Gasteiger partial charge is 0.331 e. The lowest BCUT2D eigenvalue weighted by Crippen LogP contribution is -2.13. The fourth-order valence-electron chi connectivity index (χ4n) is 3.08. The van der Waals surface area contributed by atoms with Gasteiger partial charge >= 0.3 is 5.97 Å². The first kappa shape index (κ1) is 20.9. The average Bonchev–Trinajstić information content (AvgIpc) is 3.27. The number of ether oxygens (including phenoxy) is 2. The van der Waals surface area contributed by atoms with Crippen molar-refractivity contribution in [3.63, 3.8) is 0 Å². The van der Waals surface area contributed by atoms with Gasteiger partial charge < -0.3 is 19.1 Å². The van der Waals surface area contributed by atoms with Crippen LogP contribution in [0.2, 0.25) is 0 Å². The summed E-state index contributed by atoms with van der Waals surface area (Å²) in [6, 6.07) is 8.16. The number of hydrogen-bond donors (Lipinski definition) is 1. The van der Waals surface area contributed by atoms with E-state index in [4.69, 9.17) is 14.0 Å². The van der Waals surface area contributed by atoms with Gasteiger partial charge in [0.05, 0.1) is 7.11 Å². The average molecular weight is 410 g/mol. The largest absolute Gasteiger partial charge is 0.504 e. The summed E-state index contributed by atoms with van der Waals surface area (Å²) < 4.78 is 17.0. The van der Waals surface area contributed by atoms with Gasteiger partial charge in [0.15, 0.2) is 23.9 Å². The molecular formula is C22H22N2O6. The topological polar surface area (TPSA) is 104 Å². The number of rotatable bonds is 7. The zero-order valence-electron chi connectivity index (χ0n) is 17.1. The van der Waals surface area contributed by atoms with Crippen molar-refractivity contribution in [1.82, 2.24) is 9.72 Å². The zero-order chi connectivity index (χ0) is 21.8. The highest BCUT2D eigenvalue weighted by Gasteiger charge is 2.19.